The number of halogens is 2. The quantitative estimate of drug-likeness (QED) is 0.896. The van der Waals surface area contributed by atoms with Crippen LogP contribution in [0.4, 0.5) is 0 Å². The predicted octanol–water partition coefficient (Wildman–Crippen LogP) is 3.00. The molecule has 0 bridgehead atoms. The number of nitrogens with two attached hydrogens (primary N) is 1. The molecule has 112 valence electrons. The zero-order chi connectivity index (χ0) is 13.8. The minimum atomic E-state index is 0. The molecule has 0 aliphatic carbocycles. The monoisotopic (exact) mass is 360 g/mol. The lowest BCUT2D eigenvalue weighted by molar-refractivity contribution is -0.131. The topological polar surface area (TPSA) is 46.3 Å². The fraction of sp³-hybridized carbons (Fsp3) is 0.533. The van der Waals surface area contributed by atoms with E-state index in [-0.39, 0.29) is 18.3 Å². The number of carbonyl (C=O) groups is 1. The lowest BCUT2D eigenvalue weighted by Gasteiger charge is -2.21. The predicted molar refractivity (Wildman–Crippen MR) is 88.0 cm³/mol. The third-order valence-electron chi connectivity index (χ3n) is 3.88. The van der Waals surface area contributed by atoms with Crippen molar-refractivity contribution in [1.29, 1.82) is 0 Å². The molecular weight excluding hydrogens is 340 g/mol. The number of aryl methyl sites for hydroxylation is 1. The SMILES string of the molecule is CC1CC(CN)CN1C(=O)CCc1ccccc1Br.Cl. The summed E-state index contributed by atoms with van der Waals surface area (Å²) >= 11 is 3.52. The van der Waals surface area contributed by atoms with Crippen molar-refractivity contribution in [3.63, 3.8) is 0 Å². The van der Waals surface area contributed by atoms with Crippen LogP contribution >= 0.6 is 28.3 Å². The summed E-state index contributed by atoms with van der Waals surface area (Å²) in [7, 11) is 0. The highest BCUT2D eigenvalue weighted by Crippen LogP contribution is 2.24. The van der Waals surface area contributed by atoms with Crippen molar-refractivity contribution in [2.75, 3.05) is 13.1 Å². The molecule has 1 aliphatic rings. The number of likely N-dealkylation sites (tertiary alicyclic amines) is 1. The summed E-state index contributed by atoms with van der Waals surface area (Å²) in [5.74, 6) is 0.724. The van der Waals surface area contributed by atoms with Gasteiger partial charge >= 0.3 is 0 Å². The molecule has 1 saturated heterocycles. The molecule has 1 aliphatic heterocycles. The van der Waals surface area contributed by atoms with Crippen LogP contribution < -0.4 is 5.73 Å². The zero-order valence-electron chi connectivity index (χ0n) is 11.7. The van der Waals surface area contributed by atoms with Gasteiger partial charge in [0.1, 0.15) is 0 Å². The van der Waals surface area contributed by atoms with Crippen LogP contribution in [0.5, 0.6) is 0 Å². The highest BCUT2D eigenvalue weighted by Gasteiger charge is 2.31. The number of rotatable bonds is 4. The van der Waals surface area contributed by atoms with Crippen LogP contribution in [0.3, 0.4) is 0 Å². The third kappa shape index (κ3) is 4.21. The summed E-state index contributed by atoms with van der Waals surface area (Å²) in [6.45, 7) is 3.62. The molecule has 1 fully saturated rings. The molecule has 2 atom stereocenters. The molecule has 5 heteroatoms. The Morgan fingerprint density at radius 1 is 1.45 bits per heavy atom. The van der Waals surface area contributed by atoms with Crippen LogP contribution in [0.2, 0.25) is 0 Å². The maximum atomic E-state index is 12.3. The molecule has 1 aromatic carbocycles. The van der Waals surface area contributed by atoms with Crippen LogP contribution in [0, 0.1) is 5.92 Å². The van der Waals surface area contributed by atoms with E-state index in [2.05, 4.69) is 28.9 Å². The Kier molecular flexibility index (Phi) is 7.00. The van der Waals surface area contributed by atoms with Crippen LogP contribution in [-0.4, -0.2) is 29.9 Å². The number of hydrogen-bond donors (Lipinski definition) is 1. The first kappa shape index (κ1) is 17.5. The van der Waals surface area contributed by atoms with Crippen LogP contribution in [0.25, 0.3) is 0 Å². The van der Waals surface area contributed by atoms with Crippen molar-refractivity contribution < 1.29 is 4.79 Å². The first-order valence-electron chi connectivity index (χ1n) is 6.84. The maximum Gasteiger partial charge on any atom is 0.223 e. The molecule has 0 spiro atoms. The highest BCUT2D eigenvalue weighted by atomic mass is 79.9. The minimum Gasteiger partial charge on any atom is -0.340 e. The standard InChI is InChI=1S/C15H21BrN2O.ClH/c1-11-8-12(9-17)10-18(11)15(19)7-6-13-4-2-3-5-14(13)16;/h2-5,11-12H,6-10,17H2,1H3;1H. The van der Waals surface area contributed by atoms with Gasteiger partial charge in [0.05, 0.1) is 0 Å². The van der Waals surface area contributed by atoms with E-state index in [1.807, 2.05) is 23.1 Å². The van der Waals surface area contributed by atoms with Gasteiger partial charge in [-0.3, -0.25) is 4.79 Å². The molecule has 1 amide bonds. The maximum absolute atomic E-state index is 12.3. The average Bonchev–Trinajstić information content (AvgIpc) is 2.79. The first-order chi connectivity index (χ1) is 9.11. The van der Waals surface area contributed by atoms with E-state index in [0.29, 0.717) is 24.9 Å². The van der Waals surface area contributed by atoms with E-state index in [0.717, 1.165) is 23.9 Å². The lowest BCUT2D eigenvalue weighted by Crippen LogP contribution is -2.34. The molecule has 2 N–H and O–H groups in total. The summed E-state index contributed by atoms with van der Waals surface area (Å²) in [5.41, 5.74) is 6.89. The molecule has 2 unspecified atom stereocenters. The van der Waals surface area contributed by atoms with Crippen molar-refractivity contribution in [3.05, 3.63) is 34.3 Å². The third-order valence-corrected chi connectivity index (χ3v) is 4.65. The van der Waals surface area contributed by atoms with Gasteiger partial charge in [-0.25, -0.2) is 0 Å². The number of amides is 1. The van der Waals surface area contributed by atoms with E-state index in [1.54, 1.807) is 0 Å². The van der Waals surface area contributed by atoms with Gasteiger partial charge in [-0.2, -0.15) is 0 Å². The second-order valence-corrected chi connectivity index (χ2v) is 6.18. The molecule has 1 heterocycles. The van der Waals surface area contributed by atoms with Crippen LogP contribution in [0.1, 0.15) is 25.3 Å². The van der Waals surface area contributed by atoms with Gasteiger partial charge in [0.2, 0.25) is 5.91 Å². The number of carbonyl (C=O) groups excluding carboxylic acids is 1. The van der Waals surface area contributed by atoms with E-state index in [4.69, 9.17) is 5.73 Å². The minimum absolute atomic E-state index is 0. The Bertz CT molecular complexity index is 455. The molecule has 2 rings (SSSR count). The van der Waals surface area contributed by atoms with Crippen LogP contribution in [-0.2, 0) is 11.2 Å². The van der Waals surface area contributed by atoms with E-state index >= 15 is 0 Å². The number of nitrogens with zero attached hydrogens (tertiary/aromatic N) is 1. The fourth-order valence-corrected chi connectivity index (χ4v) is 3.23. The van der Waals surface area contributed by atoms with Crippen molar-refractivity contribution in [1.82, 2.24) is 4.90 Å². The Labute approximate surface area is 135 Å². The van der Waals surface area contributed by atoms with E-state index in [1.165, 1.54) is 5.56 Å². The van der Waals surface area contributed by atoms with E-state index in [9.17, 15) is 4.79 Å². The number of hydrogen-bond acceptors (Lipinski definition) is 2. The van der Waals surface area contributed by atoms with Gasteiger partial charge in [0, 0.05) is 23.5 Å². The van der Waals surface area contributed by atoms with Crippen molar-refractivity contribution in [2.24, 2.45) is 11.7 Å². The van der Waals surface area contributed by atoms with Gasteiger partial charge in [-0.15, -0.1) is 12.4 Å². The summed E-state index contributed by atoms with van der Waals surface area (Å²) in [6.07, 6.45) is 2.40. The Hall–Kier alpha value is -0.580. The van der Waals surface area contributed by atoms with E-state index < -0.39 is 0 Å². The Morgan fingerprint density at radius 3 is 2.75 bits per heavy atom. The van der Waals surface area contributed by atoms with Crippen molar-refractivity contribution in [3.8, 4) is 0 Å². The Balaban J connectivity index is 0.00000200. The fourth-order valence-electron chi connectivity index (χ4n) is 2.75. The van der Waals surface area contributed by atoms with Gasteiger partial charge in [0.15, 0.2) is 0 Å². The normalized spacial score (nSPS) is 21.6. The highest BCUT2D eigenvalue weighted by molar-refractivity contribution is 9.10. The summed E-state index contributed by atoms with van der Waals surface area (Å²) in [5, 5.41) is 0. The van der Waals surface area contributed by atoms with Gasteiger partial charge in [-0.1, -0.05) is 34.1 Å². The zero-order valence-corrected chi connectivity index (χ0v) is 14.1. The molecule has 0 aromatic heterocycles. The van der Waals surface area contributed by atoms with Gasteiger partial charge in [0.25, 0.3) is 0 Å². The molecule has 0 radical (unpaired) electrons. The second-order valence-electron chi connectivity index (χ2n) is 5.32. The largest absolute Gasteiger partial charge is 0.340 e. The molecule has 20 heavy (non-hydrogen) atoms. The molecule has 1 aromatic rings. The first-order valence-corrected chi connectivity index (χ1v) is 7.64. The summed E-state index contributed by atoms with van der Waals surface area (Å²) in [4.78, 5) is 14.3. The molecule has 3 nitrogen and oxygen atoms in total. The molecule has 0 saturated carbocycles. The lowest BCUT2D eigenvalue weighted by atomic mass is 10.1. The average molecular weight is 362 g/mol. The van der Waals surface area contributed by atoms with Gasteiger partial charge < -0.3 is 10.6 Å². The Morgan fingerprint density at radius 2 is 2.15 bits per heavy atom. The second kappa shape index (κ2) is 8.01. The summed E-state index contributed by atoms with van der Waals surface area (Å²) in [6, 6.07) is 8.41. The number of benzene rings is 1. The smallest absolute Gasteiger partial charge is 0.223 e. The van der Waals surface area contributed by atoms with Crippen LogP contribution in [0.15, 0.2) is 28.7 Å². The van der Waals surface area contributed by atoms with Crippen molar-refractivity contribution >= 4 is 34.2 Å². The van der Waals surface area contributed by atoms with Crippen molar-refractivity contribution in [2.45, 2.75) is 32.2 Å². The van der Waals surface area contributed by atoms with Gasteiger partial charge in [-0.05, 0) is 43.9 Å². The summed E-state index contributed by atoms with van der Waals surface area (Å²) < 4.78 is 1.08. The molecular formula is C15H22BrClN2O.